The van der Waals surface area contributed by atoms with Crippen molar-refractivity contribution < 1.29 is 59.4 Å². The van der Waals surface area contributed by atoms with E-state index in [4.69, 9.17) is 14.6 Å². The van der Waals surface area contributed by atoms with E-state index in [9.17, 15) is 40.1 Å². The topological polar surface area (TPSA) is 139 Å². The molecule has 6 aromatic carbocycles. The van der Waals surface area contributed by atoms with Crippen molar-refractivity contribution in [3.8, 4) is 17.2 Å². The van der Waals surface area contributed by atoms with Crippen LogP contribution in [-0.2, 0) is 30.5 Å². The molecule has 0 aliphatic heterocycles. The van der Waals surface area contributed by atoms with Crippen molar-refractivity contribution in [1.29, 1.82) is 0 Å². The average molecular weight is 1300 g/mol. The van der Waals surface area contributed by atoms with Crippen LogP contribution in [0.2, 0.25) is 0 Å². The van der Waals surface area contributed by atoms with E-state index in [0.717, 1.165) is 37.0 Å². The van der Waals surface area contributed by atoms with Gasteiger partial charge in [0.15, 0.2) is 26.3 Å². The number of alkyl halides is 3. The lowest BCUT2D eigenvalue weighted by Gasteiger charge is -2.25. The molecule has 6 rings (SSSR count). The van der Waals surface area contributed by atoms with Gasteiger partial charge in [0.1, 0.15) is 17.1 Å². The number of carbonyl (C=O) groups excluding carboxylic acids is 2. The van der Waals surface area contributed by atoms with Crippen LogP contribution < -0.4 is 9.47 Å². The molecule has 0 saturated heterocycles. The molecule has 4 unspecified atom stereocenters. The number of rotatable bonds is 17. The van der Waals surface area contributed by atoms with E-state index in [2.05, 4.69) is 140 Å². The van der Waals surface area contributed by atoms with Crippen molar-refractivity contribution >= 4 is 78.1 Å². The lowest BCUT2D eigenvalue weighted by Crippen LogP contribution is -2.39. The summed E-state index contributed by atoms with van der Waals surface area (Å²) in [6, 6.07) is 46.5. The fourth-order valence-corrected chi connectivity index (χ4v) is 9.82. The zero-order valence-corrected chi connectivity index (χ0v) is 49.4. The summed E-state index contributed by atoms with van der Waals surface area (Å²) < 4.78 is 101. The molecule has 0 radical (unpaired) electrons. The van der Waals surface area contributed by atoms with Crippen LogP contribution in [-0.4, -0.2) is 53.6 Å². The highest BCUT2D eigenvalue weighted by atomic mass is 127. The maximum atomic E-state index is 13.9. The molecule has 0 heterocycles. The van der Waals surface area contributed by atoms with E-state index in [1.807, 2.05) is 39.0 Å². The standard InChI is InChI=1S/C18H14IS.C15H16F3IO7S.C15H23FO.C10H14O/c19-15-11-13-18(14-12-15)20(16-7-3-1-4-8-16)17-9-5-2-6-10-17;1-3-8(2)13(20)25-11-6-9(4-5-10(11)19)14(21)26-12(15(16,17)18)7-27(22,23)24;1-6-11(3)12-8-9-14(13(16)10-12)17-15(4,5)7-2;1-3-8(2)9-4-6-10(11)7-5-9/h1-14H;4-6,8,12H,3,7H2,1-2H3,(H,22,23,24);8-11H,6-7H2,1-5H3;4-8,11H,3H2,1-2H3/q+1;;;/p-1. The van der Waals surface area contributed by atoms with Gasteiger partial charge < -0.3 is 23.9 Å². The molecule has 0 aliphatic carbocycles. The normalized spacial score (nSPS) is 13.0. The van der Waals surface area contributed by atoms with Crippen LogP contribution in [0.15, 0.2) is 160 Å². The Kier molecular flexibility index (Phi) is 26.6. The average Bonchev–Trinajstić information content (AvgIpc) is 3.38. The Balaban J connectivity index is 0.000000275. The number of esters is 2. The molecule has 6 aromatic rings. The minimum atomic E-state index is -5.30. The van der Waals surface area contributed by atoms with Crippen LogP contribution in [0.5, 0.6) is 17.2 Å². The van der Waals surface area contributed by atoms with Gasteiger partial charge in [-0.15, -0.1) is 0 Å². The summed E-state index contributed by atoms with van der Waals surface area (Å²) in [6.45, 7) is 17.9. The number of hydrogen-bond donors (Lipinski definition) is 1. The number of benzene rings is 6. The molecule has 0 fully saturated rings. The van der Waals surface area contributed by atoms with Crippen molar-refractivity contribution in [2.24, 2.45) is 5.92 Å². The van der Waals surface area contributed by atoms with Crippen molar-refractivity contribution in [1.82, 2.24) is 0 Å². The molecular weight excluding hydrogens is 1230 g/mol. The van der Waals surface area contributed by atoms with Gasteiger partial charge >= 0.3 is 18.1 Å². The van der Waals surface area contributed by atoms with Gasteiger partial charge in [-0.25, -0.2) is 17.6 Å². The Bertz CT molecular complexity index is 2760. The first-order valence-electron chi connectivity index (χ1n) is 24.3. The highest BCUT2D eigenvalue weighted by Gasteiger charge is 2.44. The predicted molar refractivity (Wildman–Crippen MR) is 305 cm³/mol. The summed E-state index contributed by atoms with van der Waals surface area (Å²) in [7, 11) is -5.32. The zero-order valence-electron chi connectivity index (χ0n) is 43.5. The summed E-state index contributed by atoms with van der Waals surface area (Å²) >= 11 is 4.15. The molecule has 4 atom stereocenters. The van der Waals surface area contributed by atoms with E-state index in [1.54, 1.807) is 60.7 Å². The Morgan fingerprint density at radius 3 is 1.65 bits per heavy atom. The molecule has 9 nitrogen and oxygen atoms in total. The zero-order chi connectivity index (χ0) is 56.1. The molecular formula is C58H66F4I2O9S2. The van der Waals surface area contributed by atoms with Crippen molar-refractivity contribution in [2.75, 3.05) is 5.75 Å². The first-order chi connectivity index (χ1) is 35.2. The lowest BCUT2D eigenvalue weighted by atomic mass is 9.98. The minimum absolute atomic E-state index is 0.0262. The summed E-state index contributed by atoms with van der Waals surface area (Å²) in [5.41, 5.74) is 1.61. The van der Waals surface area contributed by atoms with Crippen LogP contribution >= 0.6 is 45.2 Å². The number of ether oxygens (including phenoxy) is 3. The fourth-order valence-electron chi connectivity index (χ4n) is 6.30. The maximum absolute atomic E-state index is 13.9. The van der Waals surface area contributed by atoms with Crippen LogP contribution in [0.4, 0.5) is 17.6 Å². The Labute approximate surface area is 470 Å². The van der Waals surface area contributed by atoms with Crippen molar-refractivity contribution in [3.05, 3.63) is 175 Å². The second kappa shape index (κ2) is 30.9. The van der Waals surface area contributed by atoms with Crippen LogP contribution in [0.25, 0.3) is 0 Å². The lowest BCUT2D eigenvalue weighted by molar-refractivity contribution is -0.197. The molecule has 75 heavy (non-hydrogen) atoms. The monoisotopic (exact) mass is 1300 g/mol. The predicted octanol–water partition coefficient (Wildman–Crippen LogP) is 16.1. The largest absolute Gasteiger partial charge is 0.748 e. The van der Waals surface area contributed by atoms with E-state index >= 15 is 0 Å². The van der Waals surface area contributed by atoms with Gasteiger partial charge in [-0.05, 0) is 199 Å². The molecule has 0 amide bonds. The van der Waals surface area contributed by atoms with E-state index in [0.29, 0.717) is 33.3 Å². The Hall–Kier alpha value is -4.70. The second-order valence-corrected chi connectivity index (χ2v) is 23.9. The molecule has 0 spiro atoms. The van der Waals surface area contributed by atoms with Crippen LogP contribution in [0, 0.1) is 18.9 Å². The summed E-state index contributed by atoms with van der Waals surface area (Å²) in [6.07, 6.45) is -4.86. The van der Waals surface area contributed by atoms with Crippen LogP contribution in [0.3, 0.4) is 0 Å². The maximum Gasteiger partial charge on any atom is 0.426 e. The van der Waals surface area contributed by atoms with E-state index < -0.39 is 51.6 Å². The van der Waals surface area contributed by atoms with Gasteiger partial charge in [-0.1, -0.05) is 103 Å². The first-order valence-corrected chi connectivity index (χ1v) is 29.3. The first kappa shape index (κ1) is 64.6. The SMILES string of the molecule is CCC(C)C(=O)Oc1cc(C(=O)OC(CS(=O)(=O)[O-])C(F)(F)F)ccc1I.CCC(C)c1ccc(O)cc1.CCC(C)c1ccc(OC(C)(C)CC)c(F)c1.Ic1ccc([S+](c2ccccc2)c2ccccc2)cc1. The highest BCUT2D eigenvalue weighted by Crippen LogP contribution is 2.33. The van der Waals surface area contributed by atoms with E-state index in [1.165, 1.54) is 29.9 Å². The number of hydrogen-bond acceptors (Lipinski definition) is 9. The molecule has 406 valence electrons. The second-order valence-electron chi connectivity index (χ2n) is 18.0. The van der Waals surface area contributed by atoms with Gasteiger partial charge in [0, 0.05) is 3.57 Å². The quantitative estimate of drug-likeness (QED) is 0.0236. The van der Waals surface area contributed by atoms with Crippen LogP contribution in [0.1, 0.15) is 121 Å². The molecule has 0 saturated carbocycles. The fraction of sp³-hybridized carbons (Fsp3) is 0.345. The third kappa shape index (κ3) is 22.4. The van der Waals surface area contributed by atoms with Gasteiger partial charge in [-0.2, -0.15) is 13.2 Å². The van der Waals surface area contributed by atoms with Gasteiger partial charge in [0.05, 0.1) is 41.8 Å². The van der Waals surface area contributed by atoms with Gasteiger partial charge in [0.25, 0.3) is 0 Å². The molecule has 0 aliphatic rings. The third-order valence-corrected chi connectivity index (χ3v) is 16.4. The highest BCUT2D eigenvalue weighted by molar-refractivity contribution is 14.1. The van der Waals surface area contributed by atoms with E-state index in [-0.39, 0.29) is 28.1 Å². The minimum Gasteiger partial charge on any atom is -0.748 e. The third-order valence-electron chi connectivity index (χ3n) is 11.8. The number of aromatic hydroxyl groups is 1. The molecule has 1 N–H and O–H groups in total. The smallest absolute Gasteiger partial charge is 0.426 e. The summed E-state index contributed by atoms with van der Waals surface area (Å²) in [4.78, 5) is 27.9. The Morgan fingerprint density at radius 1 is 0.680 bits per heavy atom. The van der Waals surface area contributed by atoms with Crippen molar-refractivity contribution in [2.45, 2.75) is 132 Å². The summed E-state index contributed by atoms with van der Waals surface area (Å²) in [5.74, 6) is -3.13. The molecule has 0 aromatic heterocycles. The molecule has 17 heteroatoms. The number of carbonyl (C=O) groups is 2. The number of halogens is 6. The van der Waals surface area contributed by atoms with Crippen molar-refractivity contribution in [3.63, 3.8) is 0 Å². The van der Waals surface area contributed by atoms with Gasteiger partial charge in [-0.3, -0.25) is 4.79 Å². The number of phenolic OH excluding ortho intramolecular Hbond substituents is 1. The van der Waals surface area contributed by atoms with Gasteiger partial charge in [0.2, 0.25) is 6.10 Å². The Morgan fingerprint density at radius 2 is 1.19 bits per heavy atom. The molecule has 0 bridgehead atoms. The summed E-state index contributed by atoms with van der Waals surface area (Å²) in [5, 5.41) is 9.01. The number of phenols is 1.